The quantitative estimate of drug-likeness (QED) is 0.654. The van der Waals surface area contributed by atoms with Crippen LogP contribution in [0, 0.1) is 13.8 Å². The van der Waals surface area contributed by atoms with Gasteiger partial charge in [0.15, 0.2) is 0 Å². The molecule has 142 valence electrons. The smallest absolute Gasteiger partial charge is 0.130 e. The van der Waals surface area contributed by atoms with Gasteiger partial charge in [-0.1, -0.05) is 6.07 Å². The number of pyridine rings is 1. The van der Waals surface area contributed by atoms with Crippen molar-refractivity contribution in [2.24, 2.45) is 0 Å². The number of aromatic nitrogens is 1. The summed E-state index contributed by atoms with van der Waals surface area (Å²) in [5.41, 5.74) is 3.62. The standard InChI is InChI=1S/C22H25N3O.ClH/c1-15-3-5-19(11-16(15)2)25-22-13-18-12-21(6-4-17(18)14-24-22)26-20-7-9-23-10-8-20;/h3-6,11-14,20,23H,7-10H2,1-2H3,(H,24,25);1H. The van der Waals surface area contributed by atoms with Crippen LogP contribution in [0.5, 0.6) is 5.75 Å². The predicted molar refractivity (Wildman–Crippen MR) is 115 cm³/mol. The van der Waals surface area contributed by atoms with E-state index in [1.165, 1.54) is 11.1 Å². The maximum Gasteiger partial charge on any atom is 0.130 e. The van der Waals surface area contributed by atoms with Gasteiger partial charge < -0.3 is 15.4 Å². The molecule has 1 aliphatic rings. The Morgan fingerprint density at radius 2 is 1.78 bits per heavy atom. The van der Waals surface area contributed by atoms with Crippen LogP contribution in [0.15, 0.2) is 48.7 Å². The van der Waals surface area contributed by atoms with E-state index in [1.54, 1.807) is 0 Å². The van der Waals surface area contributed by atoms with Crippen LogP contribution in [0.25, 0.3) is 10.8 Å². The Kier molecular flexibility index (Phi) is 6.19. The monoisotopic (exact) mass is 383 g/mol. The van der Waals surface area contributed by atoms with Crippen molar-refractivity contribution < 1.29 is 4.74 Å². The first-order valence-electron chi connectivity index (χ1n) is 9.29. The van der Waals surface area contributed by atoms with E-state index in [1.807, 2.05) is 12.3 Å². The minimum Gasteiger partial charge on any atom is -0.490 e. The largest absolute Gasteiger partial charge is 0.490 e. The van der Waals surface area contributed by atoms with Gasteiger partial charge in [-0.05, 0) is 92.7 Å². The highest BCUT2D eigenvalue weighted by Crippen LogP contribution is 2.26. The average molecular weight is 384 g/mol. The maximum absolute atomic E-state index is 6.17. The molecule has 1 aliphatic heterocycles. The maximum atomic E-state index is 6.17. The molecule has 1 saturated heterocycles. The molecule has 0 amide bonds. The summed E-state index contributed by atoms with van der Waals surface area (Å²) in [4.78, 5) is 4.54. The van der Waals surface area contributed by atoms with Crippen molar-refractivity contribution in [2.75, 3.05) is 18.4 Å². The third kappa shape index (κ3) is 4.71. The second kappa shape index (κ2) is 8.59. The molecule has 2 heterocycles. The summed E-state index contributed by atoms with van der Waals surface area (Å²) in [6, 6.07) is 14.7. The second-order valence-corrected chi connectivity index (χ2v) is 7.07. The van der Waals surface area contributed by atoms with Crippen LogP contribution in [0.4, 0.5) is 11.5 Å². The Bertz CT molecular complexity index is 923. The van der Waals surface area contributed by atoms with Crippen molar-refractivity contribution in [1.29, 1.82) is 0 Å². The SMILES string of the molecule is Cc1ccc(Nc2cc3cc(OC4CCNCC4)ccc3cn2)cc1C.Cl. The number of rotatable bonds is 4. The Balaban J connectivity index is 0.00000210. The molecule has 1 aromatic heterocycles. The first-order valence-corrected chi connectivity index (χ1v) is 9.29. The molecule has 0 spiro atoms. The van der Waals surface area contributed by atoms with Gasteiger partial charge in [0.25, 0.3) is 0 Å². The fraction of sp³-hybridized carbons (Fsp3) is 0.318. The van der Waals surface area contributed by atoms with Crippen LogP contribution in [0.3, 0.4) is 0 Å². The first-order chi connectivity index (χ1) is 12.7. The molecule has 2 aromatic carbocycles. The number of hydrogen-bond acceptors (Lipinski definition) is 4. The normalized spacial score (nSPS) is 14.6. The lowest BCUT2D eigenvalue weighted by Crippen LogP contribution is -2.34. The molecular formula is C22H26ClN3O. The van der Waals surface area contributed by atoms with E-state index in [0.717, 1.165) is 54.0 Å². The van der Waals surface area contributed by atoms with Crippen molar-refractivity contribution in [1.82, 2.24) is 10.3 Å². The molecule has 4 rings (SSSR count). The second-order valence-electron chi connectivity index (χ2n) is 7.07. The molecule has 0 saturated carbocycles. The average Bonchev–Trinajstić information content (AvgIpc) is 2.65. The van der Waals surface area contributed by atoms with E-state index in [-0.39, 0.29) is 12.4 Å². The van der Waals surface area contributed by atoms with Gasteiger partial charge in [-0.3, -0.25) is 0 Å². The highest BCUT2D eigenvalue weighted by Gasteiger charge is 2.14. The lowest BCUT2D eigenvalue weighted by atomic mass is 10.1. The van der Waals surface area contributed by atoms with Gasteiger partial charge in [0.2, 0.25) is 0 Å². The molecule has 0 unspecified atom stereocenters. The molecular weight excluding hydrogens is 358 g/mol. The summed E-state index contributed by atoms with van der Waals surface area (Å²) in [6.45, 7) is 6.31. The van der Waals surface area contributed by atoms with Crippen LogP contribution in [0.2, 0.25) is 0 Å². The Hall–Kier alpha value is -2.30. The number of benzene rings is 2. The van der Waals surface area contributed by atoms with Crippen molar-refractivity contribution in [3.05, 3.63) is 59.8 Å². The number of nitrogens with zero attached hydrogens (tertiary/aromatic N) is 1. The minimum atomic E-state index is 0. The lowest BCUT2D eigenvalue weighted by molar-refractivity contribution is 0.162. The fourth-order valence-corrected chi connectivity index (χ4v) is 3.33. The third-order valence-electron chi connectivity index (χ3n) is 5.06. The van der Waals surface area contributed by atoms with E-state index in [4.69, 9.17) is 4.74 Å². The highest BCUT2D eigenvalue weighted by molar-refractivity contribution is 5.86. The van der Waals surface area contributed by atoms with Gasteiger partial charge in [-0.15, -0.1) is 12.4 Å². The number of nitrogens with one attached hydrogen (secondary N) is 2. The van der Waals surface area contributed by atoms with Gasteiger partial charge in [0.05, 0.1) is 0 Å². The molecule has 0 bridgehead atoms. The first kappa shape index (κ1) is 19.5. The number of hydrogen-bond donors (Lipinski definition) is 2. The van der Waals surface area contributed by atoms with Crippen molar-refractivity contribution in [3.63, 3.8) is 0 Å². The van der Waals surface area contributed by atoms with Crippen LogP contribution < -0.4 is 15.4 Å². The molecule has 2 N–H and O–H groups in total. The number of halogens is 1. The van der Waals surface area contributed by atoms with Gasteiger partial charge in [-0.2, -0.15) is 0 Å². The molecule has 27 heavy (non-hydrogen) atoms. The summed E-state index contributed by atoms with van der Waals surface area (Å²) in [7, 11) is 0. The summed E-state index contributed by atoms with van der Waals surface area (Å²) in [5.74, 6) is 1.78. The van der Waals surface area contributed by atoms with E-state index in [2.05, 4.69) is 65.9 Å². The molecule has 0 aliphatic carbocycles. The molecule has 0 atom stereocenters. The van der Waals surface area contributed by atoms with E-state index < -0.39 is 0 Å². The third-order valence-corrected chi connectivity index (χ3v) is 5.06. The van der Waals surface area contributed by atoms with Gasteiger partial charge >= 0.3 is 0 Å². The van der Waals surface area contributed by atoms with Gasteiger partial charge in [0.1, 0.15) is 17.7 Å². The van der Waals surface area contributed by atoms with E-state index in [9.17, 15) is 0 Å². The topological polar surface area (TPSA) is 46.2 Å². The number of ether oxygens (including phenoxy) is 1. The number of piperidine rings is 1. The predicted octanol–water partition coefficient (Wildman–Crippen LogP) is 5.15. The van der Waals surface area contributed by atoms with Crippen molar-refractivity contribution in [3.8, 4) is 5.75 Å². The Morgan fingerprint density at radius 1 is 0.963 bits per heavy atom. The molecule has 5 heteroatoms. The Morgan fingerprint density at radius 3 is 2.56 bits per heavy atom. The van der Waals surface area contributed by atoms with Crippen LogP contribution in [-0.4, -0.2) is 24.2 Å². The van der Waals surface area contributed by atoms with Crippen LogP contribution in [-0.2, 0) is 0 Å². The zero-order valence-electron chi connectivity index (χ0n) is 15.8. The summed E-state index contributed by atoms with van der Waals surface area (Å²) in [6.07, 6.45) is 4.35. The van der Waals surface area contributed by atoms with Crippen molar-refractivity contribution in [2.45, 2.75) is 32.8 Å². The number of anilines is 2. The number of fused-ring (bicyclic) bond motifs is 1. The molecule has 4 nitrogen and oxygen atoms in total. The molecule has 0 radical (unpaired) electrons. The van der Waals surface area contributed by atoms with Crippen LogP contribution >= 0.6 is 12.4 Å². The Labute approximate surface area is 166 Å². The highest BCUT2D eigenvalue weighted by atomic mass is 35.5. The zero-order valence-corrected chi connectivity index (χ0v) is 16.6. The summed E-state index contributed by atoms with van der Waals surface area (Å²) < 4.78 is 6.17. The van der Waals surface area contributed by atoms with Gasteiger partial charge in [-0.25, -0.2) is 4.98 Å². The summed E-state index contributed by atoms with van der Waals surface area (Å²) >= 11 is 0. The van der Waals surface area contributed by atoms with E-state index in [0.29, 0.717) is 6.10 Å². The van der Waals surface area contributed by atoms with Crippen LogP contribution in [0.1, 0.15) is 24.0 Å². The fourth-order valence-electron chi connectivity index (χ4n) is 3.33. The minimum absolute atomic E-state index is 0. The van der Waals surface area contributed by atoms with E-state index >= 15 is 0 Å². The lowest BCUT2D eigenvalue weighted by Gasteiger charge is -2.24. The van der Waals surface area contributed by atoms with Gasteiger partial charge in [0, 0.05) is 17.3 Å². The zero-order chi connectivity index (χ0) is 17.9. The molecule has 1 fully saturated rings. The van der Waals surface area contributed by atoms with Crippen molar-refractivity contribution >= 4 is 34.7 Å². The number of aryl methyl sites for hydroxylation is 2. The summed E-state index contributed by atoms with van der Waals surface area (Å²) in [5, 5.41) is 9.03. The molecule has 3 aromatic rings.